The molecule has 0 amide bonds. The summed E-state index contributed by atoms with van der Waals surface area (Å²) in [6.07, 6.45) is 0. The topological polar surface area (TPSA) is 148 Å². The van der Waals surface area contributed by atoms with Crippen LogP contribution in [0, 0.1) is 34.0 Å². The molecule has 0 aliphatic carbocycles. The lowest BCUT2D eigenvalue weighted by Gasteiger charge is -2.18. The Hall–Kier alpha value is -3.90. The average molecular weight is 328 g/mol. The first-order valence-electron chi connectivity index (χ1n) is 6.26. The number of nitrogens with zero attached hydrogens (tertiary/aromatic N) is 3. The normalized spacial score (nSPS) is 8.83. The molecule has 0 radical (unpaired) electrons. The number of rotatable bonds is 6. The lowest BCUT2D eigenvalue weighted by Crippen LogP contribution is -2.10. The van der Waals surface area contributed by atoms with Gasteiger partial charge in [-0.15, -0.1) is 0 Å². The van der Waals surface area contributed by atoms with Gasteiger partial charge in [-0.2, -0.15) is 15.8 Å². The predicted molar refractivity (Wildman–Crippen MR) is 80.5 cm³/mol. The van der Waals surface area contributed by atoms with Crippen LogP contribution in [0.5, 0.6) is 17.2 Å². The number of nitriles is 3. The minimum Gasteiger partial charge on any atom is -0.493 e. The zero-order chi connectivity index (χ0) is 18.3. The molecule has 0 atom stereocenters. The Morgan fingerprint density at radius 3 is 2.00 bits per heavy atom. The van der Waals surface area contributed by atoms with Gasteiger partial charge in [-0.1, -0.05) is 0 Å². The molecule has 9 heteroatoms. The zero-order valence-corrected chi connectivity index (χ0v) is 13.0. The van der Waals surface area contributed by atoms with E-state index < -0.39 is 17.2 Å². The number of hydrogen-bond acceptors (Lipinski definition) is 8. The molecule has 0 fully saturated rings. The van der Waals surface area contributed by atoms with Crippen LogP contribution in [0.3, 0.4) is 0 Å². The Morgan fingerprint density at radius 1 is 1.04 bits per heavy atom. The fourth-order valence-electron chi connectivity index (χ4n) is 1.86. The second-order valence-corrected chi connectivity index (χ2v) is 4.08. The summed E-state index contributed by atoms with van der Waals surface area (Å²) in [7, 11) is 3.90. The van der Waals surface area contributed by atoms with Gasteiger partial charge in [0, 0.05) is 6.07 Å². The van der Waals surface area contributed by atoms with Gasteiger partial charge >= 0.3 is 5.97 Å². The first-order chi connectivity index (χ1) is 11.5. The molecule has 0 bridgehead atoms. The van der Waals surface area contributed by atoms with E-state index in [1.807, 2.05) is 0 Å². The highest BCUT2D eigenvalue weighted by molar-refractivity contribution is 5.98. The fourth-order valence-corrected chi connectivity index (χ4v) is 1.86. The van der Waals surface area contributed by atoms with Gasteiger partial charge in [-0.3, -0.25) is 0 Å². The Labute approximate surface area is 137 Å². The number of allylic oxidation sites excluding steroid dienone is 2. The Morgan fingerprint density at radius 2 is 1.62 bits per heavy atom. The molecule has 0 aliphatic heterocycles. The number of nitrogens with one attached hydrogen (secondary N) is 1. The highest BCUT2D eigenvalue weighted by atomic mass is 16.5. The quantitative estimate of drug-likeness (QED) is 0.743. The van der Waals surface area contributed by atoms with E-state index in [4.69, 9.17) is 30.0 Å². The number of ether oxygens (including phenoxy) is 3. The number of carboxylic acids is 1. The molecule has 2 N–H and O–H groups in total. The van der Waals surface area contributed by atoms with E-state index in [0.29, 0.717) is 0 Å². The van der Waals surface area contributed by atoms with Crippen molar-refractivity contribution in [1.82, 2.24) is 0 Å². The third-order valence-corrected chi connectivity index (χ3v) is 2.90. The van der Waals surface area contributed by atoms with Crippen LogP contribution >= 0.6 is 0 Å². The van der Waals surface area contributed by atoms with Crippen molar-refractivity contribution in [1.29, 1.82) is 15.8 Å². The average Bonchev–Trinajstić information content (AvgIpc) is 2.60. The van der Waals surface area contributed by atoms with Crippen molar-refractivity contribution in [2.24, 2.45) is 0 Å². The summed E-state index contributed by atoms with van der Waals surface area (Å²) in [6, 6.07) is 5.90. The van der Waals surface area contributed by atoms with Crippen LogP contribution in [-0.4, -0.2) is 32.4 Å². The summed E-state index contributed by atoms with van der Waals surface area (Å²) in [6.45, 7) is 0. The van der Waals surface area contributed by atoms with Gasteiger partial charge in [0.1, 0.15) is 29.6 Å². The Bertz CT molecular complexity index is 808. The number of benzene rings is 1. The first-order valence-corrected chi connectivity index (χ1v) is 6.26. The van der Waals surface area contributed by atoms with Crippen molar-refractivity contribution in [2.45, 2.75) is 0 Å². The second kappa shape index (κ2) is 7.92. The van der Waals surface area contributed by atoms with Gasteiger partial charge in [0.05, 0.1) is 26.9 Å². The van der Waals surface area contributed by atoms with E-state index in [0.717, 1.165) is 0 Å². The number of carbonyl (C=O) groups is 1. The summed E-state index contributed by atoms with van der Waals surface area (Å²) in [5, 5.41) is 38.7. The Balaban J connectivity index is 3.78. The van der Waals surface area contributed by atoms with Gasteiger partial charge in [0.25, 0.3) is 0 Å². The summed E-state index contributed by atoms with van der Waals surface area (Å²) in [5.41, 5.74) is -1.38. The smallest absolute Gasteiger partial charge is 0.338 e. The van der Waals surface area contributed by atoms with Gasteiger partial charge in [0.2, 0.25) is 5.75 Å². The number of hydrogen-bond donors (Lipinski definition) is 2. The van der Waals surface area contributed by atoms with E-state index in [-0.39, 0.29) is 28.5 Å². The highest BCUT2D eigenvalue weighted by Gasteiger charge is 2.25. The van der Waals surface area contributed by atoms with Crippen molar-refractivity contribution in [2.75, 3.05) is 26.6 Å². The van der Waals surface area contributed by atoms with Crippen LogP contribution in [0.25, 0.3) is 0 Å². The minimum absolute atomic E-state index is 0.0581. The molecule has 0 saturated carbocycles. The maximum atomic E-state index is 11.5. The lowest BCUT2D eigenvalue weighted by molar-refractivity contribution is 0.0697. The molecule has 122 valence electrons. The summed E-state index contributed by atoms with van der Waals surface area (Å²) >= 11 is 0. The molecule has 0 aromatic heterocycles. The number of anilines is 1. The van der Waals surface area contributed by atoms with E-state index in [1.165, 1.54) is 27.4 Å². The van der Waals surface area contributed by atoms with E-state index in [2.05, 4.69) is 5.32 Å². The van der Waals surface area contributed by atoms with Crippen molar-refractivity contribution >= 4 is 11.7 Å². The highest BCUT2D eigenvalue weighted by Crippen LogP contribution is 2.45. The third-order valence-electron chi connectivity index (χ3n) is 2.90. The minimum atomic E-state index is -1.34. The third kappa shape index (κ3) is 3.29. The molecule has 1 rings (SSSR count). The standard InChI is InChI=1S/C15H12N4O5/c1-22-11-4-9(15(20)21)12(14(24-3)13(11)23-2)19-10(7-18)8(5-16)6-17/h4,19H,1-3H3,(H,20,21). The molecule has 24 heavy (non-hydrogen) atoms. The van der Waals surface area contributed by atoms with Crippen molar-refractivity contribution in [3.05, 3.63) is 22.9 Å². The van der Waals surface area contributed by atoms with Gasteiger partial charge < -0.3 is 24.6 Å². The van der Waals surface area contributed by atoms with Gasteiger partial charge in [-0.25, -0.2) is 4.79 Å². The molecule has 0 heterocycles. The van der Waals surface area contributed by atoms with Crippen LogP contribution in [0.4, 0.5) is 5.69 Å². The maximum Gasteiger partial charge on any atom is 0.338 e. The lowest BCUT2D eigenvalue weighted by atomic mass is 10.1. The number of carboxylic acid groups (broad SMARTS) is 1. The maximum absolute atomic E-state index is 11.5. The molecule has 1 aromatic carbocycles. The largest absolute Gasteiger partial charge is 0.493 e. The first kappa shape index (κ1) is 18.1. The van der Waals surface area contributed by atoms with E-state index in [1.54, 1.807) is 18.2 Å². The fraction of sp³-hybridized carbons (Fsp3) is 0.200. The van der Waals surface area contributed by atoms with E-state index >= 15 is 0 Å². The summed E-state index contributed by atoms with van der Waals surface area (Å²) < 4.78 is 15.4. The zero-order valence-electron chi connectivity index (χ0n) is 13.0. The van der Waals surface area contributed by atoms with Gasteiger partial charge in [0.15, 0.2) is 17.1 Å². The van der Waals surface area contributed by atoms with Crippen LogP contribution in [0.2, 0.25) is 0 Å². The SMILES string of the molecule is COc1cc(C(=O)O)c(NC(C#N)=C(C#N)C#N)c(OC)c1OC. The Kier molecular flexibility index (Phi) is 5.99. The molecular weight excluding hydrogens is 316 g/mol. The van der Waals surface area contributed by atoms with Crippen molar-refractivity contribution in [3.8, 4) is 35.5 Å². The second-order valence-electron chi connectivity index (χ2n) is 4.08. The summed E-state index contributed by atoms with van der Waals surface area (Å²) in [4.78, 5) is 11.5. The number of aromatic carboxylic acids is 1. The molecule has 0 aliphatic rings. The van der Waals surface area contributed by atoms with Crippen molar-refractivity contribution in [3.63, 3.8) is 0 Å². The van der Waals surface area contributed by atoms with Crippen LogP contribution in [-0.2, 0) is 0 Å². The van der Waals surface area contributed by atoms with Gasteiger partial charge in [-0.05, 0) is 0 Å². The number of methoxy groups -OCH3 is 3. The molecule has 0 spiro atoms. The summed E-state index contributed by atoms with van der Waals surface area (Å²) in [5.74, 6) is -1.22. The molecule has 0 saturated heterocycles. The van der Waals surface area contributed by atoms with Crippen LogP contribution < -0.4 is 19.5 Å². The molecular formula is C15H12N4O5. The monoisotopic (exact) mass is 328 g/mol. The van der Waals surface area contributed by atoms with E-state index in [9.17, 15) is 9.90 Å². The molecule has 0 unspecified atom stereocenters. The molecule has 1 aromatic rings. The predicted octanol–water partition coefficient (Wildman–Crippen LogP) is 1.65. The molecule has 9 nitrogen and oxygen atoms in total. The van der Waals surface area contributed by atoms with Crippen LogP contribution in [0.15, 0.2) is 17.3 Å². The van der Waals surface area contributed by atoms with Crippen LogP contribution in [0.1, 0.15) is 10.4 Å². The van der Waals surface area contributed by atoms with Crippen molar-refractivity contribution < 1.29 is 24.1 Å².